The van der Waals surface area contributed by atoms with Gasteiger partial charge in [0, 0.05) is 24.4 Å². The maximum absolute atomic E-state index is 12.1. The molecule has 0 aliphatic carbocycles. The third kappa shape index (κ3) is 6.06. The maximum Gasteiger partial charge on any atom is 0.315 e. The minimum Gasteiger partial charge on any atom is -0.375 e. The summed E-state index contributed by atoms with van der Waals surface area (Å²) in [7, 11) is 1.46. The van der Waals surface area contributed by atoms with Crippen LogP contribution in [0.1, 0.15) is 24.1 Å². The molecule has 0 fully saturated rings. The van der Waals surface area contributed by atoms with Crippen LogP contribution in [0.3, 0.4) is 0 Å². The number of hydrogen-bond donors (Lipinski definition) is 3. The zero-order chi connectivity index (χ0) is 18.9. The van der Waals surface area contributed by atoms with Crippen molar-refractivity contribution in [1.82, 2.24) is 10.6 Å². The second kappa shape index (κ2) is 9.79. The van der Waals surface area contributed by atoms with E-state index in [1.165, 1.54) is 7.11 Å². The molecule has 0 saturated carbocycles. The molecule has 1 atom stereocenters. The highest BCUT2D eigenvalue weighted by Gasteiger charge is 2.12. The molecule has 2 aromatic carbocycles. The van der Waals surface area contributed by atoms with Crippen LogP contribution in [0, 0.1) is 0 Å². The fourth-order valence-electron chi connectivity index (χ4n) is 2.42. The summed E-state index contributed by atoms with van der Waals surface area (Å²) in [5, 5.41) is 8.98. The number of nitrogens with one attached hydrogen (secondary N) is 3. The number of rotatable bonds is 7. The van der Waals surface area contributed by atoms with Crippen molar-refractivity contribution in [3.8, 4) is 0 Å². The molecule has 6 nitrogen and oxygen atoms in total. The molecule has 0 aliphatic heterocycles. The topological polar surface area (TPSA) is 79.5 Å². The smallest absolute Gasteiger partial charge is 0.315 e. The summed E-state index contributed by atoms with van der Waals surface area (Å²) in [6.45, 7) is 2.19. The van der Waals surface area contributed by atoms with Gasteiger partial charge in [-0.25, -0.2) is 4.79 Å². The first-order chi connectivity index (χ1) is 12.5. The van der Waals surface area contributed by atoms with E-state index in [1.807, 2.05) is 37.3 Å². The molecule has 26 heavy (non-hydrogen) atoms. The van der Waals surface area contributed by atoms with E-state index < -0.39 is 0 Å². The van der Waals surface area contributed by atoms with Gasteiger partial charge in [0.25, 0.3) is 0 Å². The average Bonchev–Trinajstić information content (AvgIpc) is 2.61. The Kier molecular flexibility index (Phi) is 7.44. The molecule has 2 rings (SSSR count). The SMILES string of the molecule is COCC(=O)Nc1cccc(CNC(=O)NC(C)c2ccccc2Cl)c1. The van der Waals surface area contributed by atoms with Crippen molar-refractivity contribution in [1.29, 1.82) is 0 Å². The fraction of sp³-hybridized carbons (Fsp3) is 0.263. The van der Waals surface area contributed by atoms with Crippen molar-refractivity contribution in [2.75, 3.05) is 19.0 Å². The number of benzene rings is 2. The molecular formula is C19H22ClN3O3. The Balaban J connectivity index is 1.87. The molecule has 0 radical (unpaired) electrons. The van der Waals surface area contributed by atoms with Crippen molar-refractivity contribution < 1.29 is 14.3 Å². The summed E-state index contributed by atoms with van der Waals surface area (Å²) < 4.78 is 4.78. The van der Waals surface area contributed by atoms with Crippen LogP contribution in [0.15, 0.2) is 48.5 Å². The second-order valence-electron chi connectivity index (χ2n) is 5.75. The van der Waals surface area contributed by atoms with Crippen molar-refractivity contribution in [3.05, 3.63) is 64.7 Å². The van der Waals surface area contributed by atoms with Gasteiger partial charge in [-0.1, -0.05) is 41.9 Å². The number of hydrogen-bond acceptors (Lipinski definition) is 3. The number of methoxy groups -OCH3 is 1. The number of carbonyl (C=O) groups is 2. The minimum absolute atomic E-state index is 0.00911. The van der Waals surface area contributed by atoms with Gasteiger partial charge < -0.3 is 20.7 Å². The molecule has 0 heterocycles. The molecular weight excluding hydrogens is 354 g/mol. The highest BCUT2D eigenvalue weighted by Crippen LogP contribution is 2.21. The Labute approximate surface area is 157 Å². The molecule has 7 heteroatoms. The Morgan fingerprint density at radius 1 is 1.15 bits per heavy atom. The largest absolute Gasteiger partial charge is 0.375 e. The molecule has 3 N–H and O–H groups in total. The van der Waals surface area contributed by atoms with Gasteiger partial charge in [-0.3, -0.25) is 4.79 Å². The molecule has 2 aromatic rings. The lowest BCUT2D eigenvalue weighted by Gasteiger charge is -2.16. The number of carbonyl (C=O) groups excluding carboxylic acids is 2. The summed E-state index contributed by atoms with van der Waals surface area (Å²) >= 11 is 6.14. The Bertz CT molecular complexity index is 767. The Morgan fingerprint density at radius 2 is 1.92 bits per heavy atom. The van der Waals surface area contributed by atoms with Gasteiger partial charge in [0.2, 0.25) is 5.91 Å². The van der Waals surface area contributed by atoms with E-state index in [0.29, 0.717) is 17.3 Å². The van der Waals surface area contributed by atoms with E-state index in [2.05, 4.69) is 16.0 Å². The zero-order valence-corrected chi connectivity index (χ0v) is 15.5. The van der Waals surface area contributed by atoms with Gasteiger partial charge in [0.1, 0.15) is 6.61 Å². The summed E-state index contributed by atoms with van der Waals surface area (Å²) in [6.07, 6.45) is 0. The molecule has 0 aliphatic rings. The van der Waals surface area contributed by atoms with E-state index in [4.69, 9.17) is 16.3 Å². The number of urea groups is 1. The van der Waals surface area contributed by atoms with Crippen LogP contribution in [0.2, 0.25) is 5.02 Å². The summed E-state index contributed by atoms with van der Waals surface area (Å²) in [4.78, 5) is 23.7. The van der Waals surface area contributed by atoms with Gasteiger partial charge >= 0.3 is 6.03 Å². The molecule has 0 spiro atoms. The standard InChI is InChI=1S/C19H22ClN3O3/c1-13(16-8-3-4-9-17(16)20)22-19(25)21-11-14-6-5-7-15(10-14)23-18(24)12-26-2/h3-10,13H,11-12H2,1-2H3,(H,23,24)(H2,21,22,25). The molecule has 3 amide bonds. The second-order valence-corrected chi connectivity index (χ2v) is 6.16. The lowest BCUT2D eigenvalue weighted by molar-refractivity contribution is -0.119. The maximum atomic E-state index is 12.1. The first-order valence-corrected chi connectivity index (χ1v) is 8.54. The predicted molar refractivity (Wildman–Crippen MR) is 102 cm³/mol. The first kappa shape index (κ1) is 19.8. The number of ether oxygens (including phenoxy) is 1. The summed E-state index contributed by atoms with van der Waals surface area (Å²) in [6, 6.07) is 14.1. The van der Waals surface area contributed by atoms with Gasteiger partial charge in [-0.15, -0.1) is 0 Å². The number of halogens is 1. The minimum atomic E-state index is -0.300. The Morgan fingerprint density at radius 3 is 2.65 bits per heavy atom. The van der Waals surface area contributed by atoms with Crippen LogP contribution >= 0.6 is 11.6 Å². The highest BCUT2D eigenvalue weighted by molar-refractivity contribution is 6.31. The normalized spacial score (nSPS) is 11.5. The lowest BCUT2D eigenvalue weighted by atomic mass is 10.1. The lowest BCUT2D eigenvalue weighted by Crippen LogP contribution is -2.36. The Hall–Kier alpha value is -2.57. The predicted octanol–water partition coefficient (Wildman–Crippen LogP) is 3.49. The monoisotopic (exact) mass is 375 g/mol. The van der Waals surface area contributed by atoms with Crippen molar-refractivity contribution >= 4 is 29.2 Å². The van der Waals surface area contributed by atoms with Gasteiger partial charge in [0.15, 0.2) is 0 Å². The van der Waals surface area contributed by atoms with Crippen molar-refractivity contribution in [2.45, 2.75) is 19.5 Å². The van der Waals surface area contributed by atoms with E-state index in [9.17, 15) is 9.59 Å². The molecule has 138 valence electrons. The molecule has 0 aromatic heterocycles. The average molecular weight is 376 g/mol. The van der Waals surface area contributed by atoms with Crippen LogP contribution < -0.4 is 16.0 Å². The highest BCUT2D eigenvalue weighted by atomic mass is 35.5. The number of amides is 3. The van der Waals surface area contributed by atoms with Crippen molar-refractivity contribution in [3.63, 3.8) is 0 Å². The van der Waals surface area contributed by atoms with Crippen LogP contribution in [0.5, 0.6) is 0 Å². The zero-order valence-electron chi connectivity index (χ0n) is 14.7. The summed E-state index contributed by atoms with van der Waals surface area (Å²) in [5.74, 6) is -0.232. The quantitative estimate of drug-likeness (QED) is 0.693. The van der Waals surface area contributed by atoms with E-state index in [0.717, 1.165) is 11.1 Å². The van der Waals surface area contributed by atoms with Crippen LogP contribution in [-0.2, 0) is 16.1 Å². The fourth-order valence-corrected chi connectivity index (χ4v) is 2.72. The van der Waals surface area contributed by atoms with Gasteiger partial charge in [-0.2, -0.15) is 0 Å². The molecule has 0 bridgehead atoms. The van der Waals surface area contributed by atoms with Crippen LogP contribution in [-0.4, -0.2) is 25.7 Å². The van der Waals surface area contributed by atoms with E-state index >= 15 is 0 Å². The molecule has 1 unspecified atom stereocenters. The van der Waals surface area contributed by atoms with Crippen LogP contribution in [0.25, 0.3) is 0 Å². The number of anilines is 1. The third-order valence-corrected chi connectivity index (χ3v) is 4.00. The van der Waals surface area contributed by atoms with Gasteiger partial charge in [0.05, 0.1) is 6.04 Å². The van der Waals surface area contributed by atoms with E-state index in [1.54, 1.807) is 18.2 Å². The van der Waals surface area contributed by atoms with Crippen LogP contribution in [0.4, 0.5) is 10.5 Å². The summed E-state index contributed by atoms with van der Waals surface area (Å²) in [5.41, 5.74) is 2.36. The van der Waals surface area contributed by atoms with Gasteiger partial charge in [-0.05, 0) is 36.2 Å². The molecule has 0 saturated heterocycles. The third-order valence-electron chi connectivity index (χ3n) is 3.66. The van der Waals surface area contributed by atoms with Crippen molar-refractivity contribution in [2.24, 2.45) is 0 Å². The van der Waals surface area contributed by atoms with E-state index in [-0.39, 0.29) is 24.6 Å². The first-order valence-electron chi connectivity index (χ1n) is 8.16.